The van der Waals surface area contributed by atoms with E-state index in [0.29, 0.717) is 0 Å². The fourth-order valence-electron chi connectivity index (χ4n) is 0.737. The smallest absolute Gasteiger partial charge is 0.262 e. The van der Waals surface area contributed by atoms with E-state index in [0.717, 1.165) is 6.08 Å². The number of aliphatic imine (C=N–C) groups is 1. The van der Waals surface area contributed by atoms with E-state index < -0.39 is 22.1 Å². The van der Waals surface area contributed by atoms with Crippen molar-refractivity contribution in [3.05, 3.63) is 44.2 Å². The van der Waals surface area contributed by atoms with Crippen LogP contribution in [0.25, 0.3) is 0 Å². The molecule has 0 rings (SSSR count). The fraction of sp³-hybridized carbons (Fsp3) is 0.286. The van der Waals surface area contributed by atoms with E-state index in [-0.39, 0.29) is 11.4 Å². The maximum absolute atomic E-state index is 10.2. The lowest BCUT2D eigenvalue weighted by Crippen LogP contribution is -2.21. The molecule has 0 aromatic carbocycles. The van der Waals surface area contributed by atoms with Crippen molar-refractivity contribution in [2.24, 2.45) is 10.7 Å². The summed E-state index contributed by atoms with van der Waals surface area (Å²) in [5.41, 5.74) is 4.82. The molecule has 0 aromatic heterocycles. The summed E-state index contributed by atoms with van der Waals surface area (Å²) in [5, 5.41) is 20.5. The first-order chi connectivity index (χ1) is 6.88. The third kappa shape index (κ3) is 4.50. The van der Waals surface area contributed by atoms with Crippen LogP contribution in [-0.4, -0.2) is 29.3 Å². The van der Waals surface area contributed by atoms with Crippen LogP contribution in [0.1, 0.15) is 0 Å². The van der Waals surface area contributed by atoms with Crippen LogP contribution < -0.4 is 5.73 Å². The largest absolute Gasteiger partial charge is 0.384 e. The van der Waals surface area contributed by atoms with E-state index in [9.17, 15) is 20.2 Å². The highest BCUT2D eigenvalue weighted by Crippen LogP contribution is 2.02. The van der Waals surface area contributed by atoms with E-state index in [4.69, 9.17) is 5.73 Å². The van der Waals surface area contributed by atoms with Crippen LogP contribution >= 0.6 is 0 Å². The summed E-state index contributed by atoms with van der Waals surface area (Å²) < 4.78 is 0. The quantitative estimate of drug-likeness (QED) is 0.226. The van der Waals surface area contributed by atoms with Crippen LogP contribution in [0.15, 0.2) is 28.9 Å². The van der Waals surface area contributed by atoms with Crippen LogP contribution in [0.3, 0.4) is 0 Å². The van der Waals surface area contributed by atoms with Crippen molar-refractivity contribution >= 4 is 5.84 Å². The predicted octanol–water partition coefficient (Wildman–Crippen LogP) is -0.0331. The minimum Gasteiger partial charge on any atom is -0.384 e. The van der Waals surface area contributed by atoms with Crippen LogP contribution in [0.5, 0.6) is 0 Å². The van der Waals surface area contributed by atoms with E-state index in [1.807, 2.05) is 0 Å². The number of nitrogens with two attached hydrogens (primary N) is 1. The molecule has 0 radical (unpaired) electrons. The highest BCUT2D eigenvalue weighted by molar-refractivity contribution is 5.97. The lowest BCUT2D eigenvalue weighted by atomic mass is 10.2. The summed E-state index contributed by atoms with van der Waals surface area (Å²) in [4.78, 5) is 22.6. The van der Waals surface area contributed by atoms with E-state index in [1.165, 1.54) is 7.05 Å². The van der Waals surface area contributed by atoms with E-state index in [2.05, 4.69) is 11.6 Å². The van der Waals surface area contributed by atoms with Crippen LogP contribution in [-0.2, 0) is 0 Å². The third-order valence-corrected chi connectivity index (χ3v) is 1.44. The minimum atomic E-state index is -0.761. The molecule has 82 valence electrons. The summed E-state index contributed by atoms with van der Waals surface area (Å²) in [6.07, 6.45) is 0.936. The Kier molecular flexibility index (Phi) is 4.65. The van der Waals surface area contributed by atoms with Crippen molar-refractivity contribution in [2.45, 2.75) is 0 Å². The van der Waals surface area contributed by atoms with Crippen LogP contribution in [0.4, 0.5) is 0 Å². The molecular formula is C7H10N4O4. The first-order valence-electron chi connectivity index (χ1n) is 3.76. The average molecular weight is 214 g/mol. The molecule has 15 heavy (non-hydrogen) atoms. The second-order valence-corrected chi connectivity index (χ2v) is 2.52. The lowest BCUT2D eigenvalue weighted by molar-refractivity contribution is -0.470. The zero-order valence-electron chi connectivity index (χ0n) is 8.04. The summed E-state index contributed by atoms with van der Waals surface area (Å²) >= 11 is 0. The molecule has 0 saturated carbocycles. The Morgan fingerprint density at radius 3 is 2.40 bits per heavy atom. The van der Waals surface area contributed by atoms with Gasteiger partial charge in [-0.05, 0) is 6.58 Å². The molecule has 8 heteroatoms. The van der Waals surface area contributed by atoms with Gasteiger partial charge in [-0.3, -0.25) is 25.2 Å². The van der Waals surface area contributed by atoms with Gasteiger partial charge in [-0.15, -0.1) is 0 Å². The van der Waals surface area contributed by atoms with E-state index in [1.54, 1.807) is 0 Å². The molecule has 0 fully saturated rings. The van der Waals surface area contributed by atoms with Crippen molar-refractivity contribution in [2.75, 3.05) is 13.6 Å². The number of nitrogens with zero attached hydrogens (tertiary/aromatic N) is 3. The molecule has 0 unspecified atom stereocenters. The fourth-order valence-corrected chi connectivity index (χ4v) is 0.737. The topological polar surface area (TPSA) is 125 Å². The Balaban J connectivity index is 5.02. The Morgan fingerprint density at radius 1 is 1.53 bits per heavy atom. The monoisotopic (exact) mass is 214 g/mol. The number of amidine groups is 1. The maximum Gasteiger partial charge on any atom is 0.262 e. The van der Waals surface area contributed by atoms with Crippen molar-refractivity contribution in [3.8, 4) is 0 Å². The molecule has 0 spiro atoms. The van der Waals surface area contributed by atoms with Gasteiger partial charge >= 0.3 is 0 Å². The Labute approximate surface area is 85.1 Å². The zero-order chi connectivity index (χ0) is 12.0. The highest BCUT2D eigenvalue weighted by atomic mass is 16.6. The van der Waals surface area contributed by atoms with Gasteiger partial charge in [0.2, 0.25) is 6.54 Å². The van der Waals surface area contributed by atoms with Crippen molar-refractivity contribution < 1.29 is 9.85 Å². The third-order valence-electron chi connectivity index (χ3n) is 1.44. The molecular weight excluding hydrogens is 204 g/mol. The molecule has 0 aliphatic rings. The molecule has 0 heterocycles. The first-order valence-corrected chi connectivity index (χ1v) is 3.76. The van der Waals surface area contributed by atoms with Crippen molar-refractivity contribution in [1.82, 2.24) is 0 Å². The maximum atomic E-state index is 10.2. The van der Waals surface area contributed by atoms with Gasteiger partial charge in [-0.2, -0.15) is 0 Å². The van der Waals surface area contributed by atoms with Gasteiger partial charge in [0.05, 0.1) is 10.5 Å². The van der Waals surface area contributed by atoms with Gasteiger partial charge in [-0.1, -0.05) is 0 Å². The summed E-state index contributed by atoms with van der Waals surface area (Å²) in [7, 11) is 1.33. The second kappa shape index (κ2) is 5.47. The standard InChI is InChI=1S/C7H10N4O4/c1-5(11(14)15)3-6(4-10(12)13)7(8)9-2/h3H,1,4H2,2H3,(H2,8,9)/b6-3-. The Bertz CT molecular complexity index is 358. The highest BCUT2D eigenvalue weighted by Gasteiger charge is 2.13. The second-order valence-electron chi connectivity index (χ2n) is 2.52. The Morgan fingerprint density at radius 2 is 2.07 bits per heavy atom. The normalized spacial score (nSPS) is 12.3. The number of allylic oxidation sites excluding steroid dienone is 1. The number of hydrogen-bond acceptors (Lipinski definition) is 5. The van der Waals surface area contributed by atoms with Crippen LogP contribution in [0, 0.1) is 20.2 Å². The molecule has 2 N–H and O–H groups in total. The molecule has 0 amide bonds. The molecule has 0 bridgehead atoms. The minimum absolute atomic E-state index is 0.0378. The van der Waals surface area contributed by atoms with Gasteiger partial charge in [0.1, 0.15) is 5.84 Å². The van der Waals surface area contributed by atoms with E-state index >= 15 is 0 Å². The predicted molar refractivity (Wildman–Crippen MR) is 53.6 cm³/mol. The molecule has 0 saturated heterocycles. The Hall–Kier alpha value is -2.25. The summed E-state index contributed by atoms with van der Waals surface area (Å²) in [5.74, 6) is -0.116. The van der Waals surface area contributed by atoms with Crippen molar-refractivity contribution in [3.63, 3.8) is 0 Å². The first kappa shape index (κ1) is 12.8. The molecule has 0 aliphatic carbocycles. The summed E-state index contributed by atoms with van der Waals surface area (Å²) in [6.45, 7) is 2.48. The van der Waals surface area contributed by atoms with Crippen molar-refractivity contribution in [1.29, 1.82) is 0 Å². The van der Waals surface area contributed by atoms with Gasteiger partial charge in [-0.25, -0.2) is 0 Å². The molecule has 8 nitrogen and oxygen atoms in total. The average Bonchev–Trinajstić information content (AvgIpc) is 2.14. The van der Waals surface area contributed by atoms with Crippen LogP contribution in [0.2, 0.25) is 0 Å². The molecule has 0 atom stereocenters. The van der Waals surface area contributed by atoms with Gasteiger partial charge in [0, 0.05) is 18.0 Å². The lowest BCUT2D eigenvalue weighted by Gasteiger charge is -2.00. The number of hydrogen-bond donors (Lipinski definition) is 1. The zero-order valence-corrected chi connectivity index (χ0v) is 8.04. The SMILES string of the molecule is C=C(/C=C(/C[N+](=O)[O-])C(N)=NC)[N+](=O)[O-]. The number of nitro groups is 2. The number of rotatable bonds is 5. The summed E-state index contributed by atoms with van der Waals surface area (Å²) in [6, 6.07) is 0. The van der Waals surface area contributed by atoms with Gasteiger partial charge < -0.3 is 5.73 Å². The van der Waals surface area contributed by atoms with Gasteiger partial charge in [0.25, 0.3) is 5.70 Å². The molecule has 0 aliphatic heterocycles. The molecule has 0 aromatic rings. The van der Waals surface area contributed by atoms with Gasteiger partial charge in [0.15, 0.2) is 0 Å².